The van der Waals surface area contributed by atoms with Crippen molar-refractivity contribution in [1.82, 2.24) is 4.31 Å². The van der Waals surface area contributed by atoms with Gasteiger partial charge >= 0.3 is 0 Å². The molecule has 1 N–H and O–H groups in total. The van der Waals surface area contributed by atoms with Crippen LogP contribution >= 0.6 is 11.8 Å². The highest BCUT2D eigenvalue weighted by atomic mass is 32.2. The minimum atomic E-state index is -3.44. The zero-order valence-electron chi connectivity index (χ0n) is 15.3. The molecule has 0 aromatic heterocycles. The fourth-order valence-corrected chi connectivity index (χ4v) is 5.30. The molecule has 0 spiro atoms. The first kappa shape index (κ1) is 19.9. The van der Waals surface area contributed by atoms with Crippen LogP contribution in [0.5, 0.6) is 0 Å². The summed E-state index contributed by atoms with van der Waals surface area (Å²) in [4.78, 5) is 13.7. The molecule has 1 aliphatic rings. The van der Waals surface area contributed by atoms with Crippen LogP contribution in [-0.2, 0) is 20.6 Å². The monoisotopic (exact) mass is 404 g/mol. The number of carbonyl (C=O) groups excluding carboxylic acids is 1. The number of benzene rings is 2. The molecule has 0 bridgehead atoms. The van der Waals surface area contributed by atoms with Crippen molar-refractivity contribution >= 4 is 33.4 Å². The number of sulfonamides is 1. The molecule has 1 heterocycles. The average Bonchev–Trinajstić information content (AvgIpc) is 2.68. The molecule has 1 amide bonds. The highest BCUT2D eigenvalue weighted by Gasteiger charge is 2.32. The Labute approximate surface area is 165 Å². The summed E-state index contributed by atoms with van der Waals surface area (Å²) in [7, 11) is -3.44. The van der Waals surface area contributed by atoms with E-state index in [4.69, 9.17) is 0 Å². The van der Waals surface area contributed by atoms with Crippen molar-refractivity contribution in [2.45, 2.75) is 23.5 Å². The van der Waals surface area contributed by atoms with Gasteiger partial charge in [0.15, 0.2) is 0 Å². The molecule has 1 fully saturated rings. The van der Waals surface area contributed by atoms with Gasteiger partial charge in [0, 0.05) is 23.7 Å². The number of hydrogen-bond donors (Lipinski definition) is 1. The van der Waals surface area contributed by atoms with E-state index in [0.29, 0.717) is 19.4 Å². The van der Waals surface area contributed by atoms with E-state index >= 15 is 0 Å². The first-order valence-electron chi connectivity index (χ1n) is 8.94. The number of carbonyl (C=O) groups is 1. The summed E-state index contributed by atoms with van der Waals surface area (Å²) < 4.78 is 27.0. The van der Waals surface area contributed by atoms with Crippen LogP contribution < -0.4 is 5.32 Å². The molecule has 0 aliphatic carbocycles. The molecule has 2 aromatic rings. The third-order valence-corrected chi connectivity index (χ3v) is 7.22. The Morgan fingerprint density at radius 3 is 2.70 bits per heavy atom. The van der Waals surface area contributed by atoms with E-state index in [2.05, 4.69) is 5.32 Å². The van der Waals surface area contributed by atoms with Crippen LogP contribution in [0.2, 0.25) is 0 Å². The molecule has 1 atom stereocenters. The molecule has 1 aliphatic heterocycles. The van der Waals surface area contributed by atoms with Gasteiger partial charge in [0.2, 0.25) is 15.9 Å². The normalized spacial score (nSPS) is 18.2. The third kappa shape index (κ3) is 5.34. The van der Waals surface area contributed by atoms with Gasteiger partial charge in [0.25, 0.3) is 0 Å². The Morgan fingerprint density at radius 2 is 1.96 bits per heavy atom. The number of rotatable bonds is 6. The van der Waals surface area contributed by atoms with Gasteiger partial charge in [-0.1, -0.05) is 36.4 Å². The zero-order valence-corrected chi connectivity index (χ0v) is 16.9. The van der Waals surface area contributed by atoms with E-state index in [1.807, 2.05) is 60.9 Å². The first-order valence-corrected chi connectivity index (χ1v) is 11.8. The SMILES string of the molecule is CSc1cccc(NC(=O)[C@@H]2CCCN(S(=O)(=O)Cc3ccccc3)C2)c1. The van der Waals surface area contributed by atoms with E-state index in [1.165, 1.54) is 4.31 Å². The molecule has 144 valence electrons. The van der Waals surface area contributed by atoms with Crippen molar-refractivity contribution in [2.75, 3.05) is 24.7 Å². The number of nitrogens with one attached hydrogen (secondary N) is 1. The molecule has 3 rings (SSSR count). The maximum Gasteiger partial charge on any atom is 0.228 e. The maximum absolute atomic E-state index is 12.8. The Hall–Kier alpha value is -1.83. The van der Waals surface area contributed by atoms with Crippen LogP contribution in [0.4, 0.5) is 5.69 Å². The third-order valence-electron chi connectivity index (χ3n) is 4.68. The molecule has 0 radical (unpaired) electrons. The van der Waals surface area contributed by atoms with Gasteiger partial charge < -0.3 is 5.32 Å². The molecule has 27 heavy (non-hydrogen) atoms. The van der Waals surface area contributed by atoms with Crippen molar-refractivity contribution in [3.63, 3.8) is 0 Å². The zero-order chi connectivity index (χ0) is 19.3. The average molecular weight is 405 g/mol. The summed E-state index contributed by atoms with van der Waals surface area (Å²) in [5.74, 6) is -0.479. The van der Waals surface area contributed by atoms with Gasteiger partial charge in [-0.3, -0.25) is 4.79 Å². The van der Waals surface area contributed by atoms with Gasteiger partial charge in [-0.25, -0.2) is 12.7 Å². The molecule has 2 aromatic carbocycles. The lowest BCUT2D eigenvalue weighted by molar-refractivity contribution is -0.120. The summed E-state index contributed by atoms with van der Waals surface area (Å²) in [6, 6.07) is 16.8. The van der Waals surface area contributed by atoms with Gasteiger partial charge in [0.1, 0.15) is 0 Å². The highest BCUT2D eigenvalue weighted by molar-refractivity contribution is 7.98. The molecular formula is C20H24N2O3S2. The minimum Gasteiger partial charge on any atom is -0.326 e. The van der Waals surface area contributed by atoms with Gasteiger partial charge in [-0.05, 0) is 42.9 Å². The standard InChI is InChI=1S/C20H24N2O3S2/c1-26-19-11-5-10-18(13-19)21-20(23)17-9-6-12-22(14-17)27(24,25)15-16-7-3-2-4-8-16/h2-5,7-8,10-11,13,17H,6,9,12,14-15H2,1H3,(H,21,23)/t17-/m1/s1. The molecule has 0 unspecified atom stereocenters. The molecule has 7 heteroatoms. The summed E-state index contributed by atoms with van der Waals surface area (Å²) in [6.45, 7) is 0.712. The summed E-state index contributed by atoms with van der Waals surface area (Å²) in [5, 5.41) is 2.93. The number of hydrogen-bond acceptors (Lipinski definition) is 4. The number of piperidine rings is 1. The van der Waals surface area contributed by atoms with E-state index in [0.717, 1.165) is 16.1 Å². The van der Waals surface area contributed by atoms with Gasteiger partial charge in [0.05, 0.1) is 11.7 Å². The fourth-order valence-electron chi connectivity index (χ4n) is 3.23. The number of thioether (sulfide) groups is 1. The Bertz CT molecular complexity index is 885. The second-order valence-corrected chi connectivity index (χ2v) is 9.51. The largest absolute Gasteiger partial charge is 0.326 e. The predicted octanol–water partition coefficient (Wildman–Crippen LogP) is 3.59. The Kier molecular flexibility index (Phi) is 6.57. The van der Waals surface area contributed by atoms with Gasteiger partial charge in [-0.2, -0.15) is 0 Å². The van der Waals surface area contributed by atoms with Gasteiger partial charge in [-0.15, -0.1) is 11.8 Å². The number of amides is 1. The van der Waals surface area contributed by atoms with Crippen LogP contribution in [0.3, 0.4) is 0 Å². The first-order chi connectivity index (χ1) is 13.0. The molecular weight excluding hydrogens is 380 g/mol. The second-order valence-electron chi connectivity index (χ2n) is 6.66. The second kappa shape index (κ2) is 8.91. The van der Waals surface area contributed by atoms with Crippen molar-refractivity contribution in [3.8, 4) is 0 Å². The van der Waals surface area contributed by atoms with Crippen LogP contribution in [-0.4, -0.2) is 38.0 Å². The smallest absolute Gasteiger partial charge is 0.228 e. The quantitative estimate of drug-likeness (QED) is 0.747. The van der Waals surface area contributed by atoms with Crippen molar-refractivity contribution in [1.29, 1.82) is 0 Å². The number of nitrogens with zero attached hydrogens (tertiary/aromatic N) is 1. The van der Waals surface area contributed by atoms with Crippen LogP contribution in [0.1, 0.15) is 18.4 Å². The summed E-state index contributed by atoms with van der Waals surface area (Å²) >= 11 is 1.61. The molecule has 1 saturated heterocycles. The van der Waals surface area contributed by atoms with E-state index in [1.54, 1.807) is 11.8 Å². The van der Waals surface area contributed by atoms with Crippen LogP contribution in [0.25, 0.3) is 0 Å². The fraction of sp³-hybridized carbons (Fsp3) is 0.350. The van der Waals surface area contributed by atoms with Crippen molar-refractivity contribution in [3.05, 3.63) is 60.2 Å². The summed E-state index contributed by atoms with van der Waals surface area (Å²) in [5.41, 5.74) is 1.51. The van der Waals surface area contributed by atoms with Crippen LogP contribution in [0, 0.1) is 5.92 Å². The predicted molar refractivity (Wildman–Crippen MR) is 110 cm³/mol. The van der Waals surface area contributed by atoms with E-state index in [9.17, 15) is 13.2 Å². The minimum absolute atomic E-state index is 0.0298. The van der Waals surface area contributed by atoms with Crippen LogP contribution in [0.15, 0.2) is 59.5 Å². The Balaban J connectivity index is 1.65. The lowest BCUT2D eigenvalue weighted by Gasteiger charge is -2.31. The highest BCUT2D eigenvalue weighted by Crippen LogP contribution is 2.24. The lowest BCUT2D eigenvalue weighted by Crippen LogP contribution is -2.44. The van der Waals surface area contributed by atoms with Crippen molar-refractivity contribution in [2.24, 2.45) is 5.92 Å². The topological polar surface area (TPSA) is 66.5 Å². The maximum atomic E-state index is 12.8. The van der Waals surface area contributed by atoms with Crippen molar-refractivity contribution < 1.29 is 13.2 Å². The Morgan fingerprint density at radius 1 is 1.19 bits per heavy atom. The molecule has 0 saturated carbocycles. The van der Waals surface area contributed by atoms with E-state index < -0.39 is 10.0 Å². The molecule has 5 nitrogen and oxygen atoms in total. The van der Waals surface area contributed by atoms with E-state index in [-0.39, 0.29) is 24.1 Å². The number of anilines is 1. The summed E-state index contributed by atoms with van der Waals surface area (Å²) in [6.07, 6.45) is 3.37. The lowest BCUT2D eigenvalue weighted by atomic mass is 9.99.